The van der Waals surface area contributed by atoms with Crippen molar-refractivity contribution in [3.05, 3.63) is 47.0 Å². The number of aliphatic imine (C=N–C) groups is 1. The van der Waals surface area contributed by atoms with Crippen molar-refractivity contribution in [3.8, 4) is 0 Å². The second kappa shape index (κ2) is 13.6. The SMILES string of the molecule is CCCNC(=O)c1cccc(CNC(=NC)NCCC2=CCCCC2)c1.I. The van der Waals surface area contributed by atoms with Gasteiger partial charge in [-0.1, -0.05) is 30.7 Å². The largest absolute Gasteiger partial charge is 0.356 e. The number of carbonyl (C=O) groups excluding carboxylic acids is 1. The minimum absolute atomic E-state index is 0. The van der Waals surface area contributed by atoms with E-state index in [1.165, 1.54) is 25.7 Å². The van der Waals surface area contributed by atoms with Crippen molar-refractivity contribution in [3.63, 3.8) is 0 Å². The first-order valence-electron chi connectivity index (χ1n) is 9.72. The van der Waals surface area contributed by atoms with Crippen molar-refractivity contribution in [1.29, 1.82) is 0 Å². The Kier molecular flexibility index (Phi) is 11.8. The number of carbonyl (C=O) groups is 1. The van der Waals surface area contributed by atoms with Crippen LogP contribution in [-0.4, -0.2) is 32.0 Å². The van der Waals surface area contributed by atoms with Crippen molar-refractivity contribution >= 4 is 35.8 Å². The van der Waals surface area contributed by atoms with Gasteiger partial charge in [0.25, 0.3) is 5.91 Å². The standard InChI is InChI=1S/C21H32N4O.HI/c1-3-13-23-20(26)19-11-7-10-18(15-19)16-25-21(22-2)24-14-12-17-8-5-4-6-9-17;/h7-8,10-11,15H,3-6,9,12-14,16H2,1-2H3,(H,23,26)(H2,22,24,25);1H. The van der Waals surface area contributed by atoms with Crippen LogP contribution in [0.25, 0.3) is 0 Å². The van der Waals surface area contributed by atoms with Gasteiger partial charge < -0.3 is 16.0 Å². The monoisotopic (exact) mass is 484 g/mol. The van der Waals surface area contributed by atoms with E-state index in [1.54, 1.807) is 12.6 Å². The summed E-state index contributed by atoms with van der Waals surface area (Å²) in [7, 11) is 1.78. The second-order valence-corrected chi connectivity index (χ2v) is 6.67. The summed E-state index contributed by atoms with van der Waals surface area (Å²) in [6.07, 6.45) is 9.51. The molecular formula is C21H33IN4O. The molecule has 0 fully saturated rings. The average molecular weight is 484 g/mol. The lowest BCUT2D eigenvalue weighted by atomic mass is 9.97. The van der Waals surface area contributed by atoms with E-state index in [4.69, 9.17) is 0 Å². The second-order valence-electron chi connectivity index (χ2n) is 6.67. The van der Waals surface area contributed by atoms with Crippen molar-refractivity contribution in [2.24, 2.45) is 4.99 Å². The zero-order chi connectivity index (χ0) is 18.6. The van der Waals surface area contributed by atoms with Gasteiger partial charge in [0.2, 0.25) is 0 Å². The zero-order valence-electron chi connectivity index (χ0n) is 16.5. The van der Waals surface area contributed by atoms with Gasteiger partial charge in [0, 0.05) is 32.2 Å². The highest BCUT2D eigenvalue weighted by Gasteiger charge is 2.06. The average Bonchev–Trinajstić information content (AvgIpc) is 2.69. The predicted octanol–water partition coefficient (Wildman–Crippen LogP) is 4.00. The molecule has 0 radical (unpaired) electrons. The number of nitrogens with one attached hydrogen (secondary N) is 3. The molecule has 1 aromatic carbocycles. The number of hydrogen-bond donors (Lipinski definition) is 3. The number of rotatable bonds is 8. The molecule has 0 atom stereocenters. The lowest BCUT2D eigenvalue weighted by Crippen LogP contribution is -2.37. The van der Waals surface area contributed by atoms with Gasteiger partial charge in [0.05, 0.1) is 0 Å². The molecule has 0 saturated carbocycles. The first-order chi connectivity index (χ1) is 12.7. The third-order valence-corrected chi connectivity index (χ3v) is 4.53. The number of nitrogens with zero attached hydrogens (tertiary/aromatic N) is 1. The van der Waals surface area contributed by atoms with Crippen LogP contribution in [-0.2, 0) is 6.54 Å². The lowest BCUT2D eigenvalue weighted by molar-refractivity contribution is 0.0953. The maximum Gasteiger partial charge on any atom is 0.251 e. The fourth-order valence-electron chi connectivity index (χ4n) is 3.04. The molecule has 0 bridgehead atoms. The van der Waals surface area contributed by atoms with E-state index < -0.39 is 0 Å². The first-order valence-corrected chi connectivity index (χ1v) is 9.72. The highest BCUT2D eigenvalue weighted by atomic mass is 127. The number of hydrogen-bond acceptors (Lipinski definition) is 2. The molecule has 0 aromatic heterocycles. The molecule has 2 rings (SSSR count). The van der Waals surface area contributed by atoms with E-state index in [0.29, 0.717) is 18.7 Å². The van der Waals surface area contributed by atoms with Gasteiger partial charge in [-0.15, -0.1) is 24.0 Å². The van der Waals surface area contributed by atoms with Gasteiger partial charge in [-0.3, -0.25) is 9.79 Å². The molecule has 0 saturated heterocycles. The maximum atomic E-state index is 12.1. The van der Waals surface area contributed by atoms with Gasteiger partial charge in [0.15, 0.2) is 5.96 Å². The van der Waals surface area contributed by atoms with Crippen LogP contribution in [0.3, 0.4) is 0 Å². The van der Waals surface area contributed by atoms with Gasteiger partial charge >= 0.3 is 0 Å². The third-order valence-electron chi connectivity index (χ3n) is 4.53. The van der Waals surface area contributed by atoms with Crippen LogP contribution >= 0.6 is 24.0 Å². The molecule has 0 aliphatic heterocycles. The molecular weight excluding hydrogens is 451 g/mol. The van der Waals surface area contributed by atoms with Crippen LogP contribution in [0.5, 0.6) is 0 Å². The van der Waals surface area contributed by atoms with Gasteiger partial charge in [-0.2, -0.15) is 0 Å². The highest BCUT2D eigenvalue weighted by Crippen LogP contribution is 2.19. The number of guanidine groups is 1. The summed E-state index contributed by atoms with van der Waals surface area (Å²) in [5.74, 6) is 0.777. The predicted molar refractivity (Wildman–Crippen MR) is 124 cm³/mol. The molecule has 1 aliphatic carbocycles. The number of benzene rings is 1. The molecule has 0 unspecified atom stereocenters. The van der Waals surface area contributed by atoms with Crippen LogP contribution in [0.2, 0.25) is 0 Å². The number of amides is 1. The summed E-state index contributed by atoms with van der Waals surface area (Å²) in [6, 6.07) is 7.71. The van der Waals surface area contributed by atoms with Crippen LogP contribution in [0.1, 0.15) is 61.4 Å². The Hall–Kier alpha value is -1.57. The maximum absolute atomic E-state index is 12.1. The minimum Gasteiger partial charge on any atom is -0.356 e. The van der Waals surface area contributed by atoms with E-state index in [2.05, 4.69) is 27.0 Å². The highest BCUT2D eigenvalue weighted by molar-refractivity contribution is 14.0. The Balaban J connectivity index is 0.00000364. The van der Waals surface area contributed by atoms with Gasteiger partial charge in [-0.05, 0) is 56.2 Å². The molecule has 5 nitrogen and oxygen atoms in total. The molecule has 150 valence electrons. The van der Waals surface area contributed by atoms with Crippen molar-refractivity contribution in [2.75, 3.05) is 20.1 Å². The summed E-state index contributed by atoms with van der Waals surface area (Å²) in [4.78, 5) is 16.3. The zero-order valence-corrected chi connectivity index (χ0v) is 18.8. The minimum atomic E-state index is -0.0167. The van der Waals surface area contributed by atoms with Crippen LogP contribution < -0.4 is 16.0 Å². The number of allylic oxidation sites excluding steroid dienone is 1. The van der Waals surface area contributed by atoms with E-state index >= 15 is 0 Å². The molecule has 27 heavy (non-hydrogen) atoms. The molecule has 3 N–H and O–H groups in total. The molecule has 1 amide bonds. The van der Waals surface area contributed by atoms with Crippen LogP contribution in [0.15, 0.2) is 40.9 Å². The van der Waals surface area contributed by atoms with Gasteiger partial charge in [-0.25, -0.2) is 0 Å². The Morgan fingerprint density at radius 1 is 1.15 bits per heavy atom. The summed E-state index contributed by atoms with van der Waals surface area (Å²) in [5.41, 5.74) is 3.32. The topological polar surface area (TPSA) is 65.5 Å². The van der Waals surface area contributed by atoms with E-state index in [-0.39, 0.29) is 29.9 Å². The van der Waals surface area contributed by atoms with E-state index in [0.717, 1.165) is 30.9 Å². The normalized spacial score (nSPS) is 14.0. The summed E-state index contributed by atoms with van der Waals surface area (Å²) >= 11 is 0. The smallest absolute Gasteiger partial charge is 0.251 e. The molecule has 0 heterocycles. The van der Waals surface area contributed by atoms with Crippen molar-refractivity contribution in [1.82, 2.24) is 16.0 Å². The Labute approximate surface area is 180 Å². The first kappa shape index (κ1) is 23.5. The van der Waals surface area contributed by atoms with Crippen LogP contribution in [0.4, 0.5) is 0 Å². The lowest BCUT2D eigenvalue weighted by Gasteiger charge is -2.15. The van der Waals surface area contributed by atoms with Gasteiger partial charge in [0.1, 0.15) is 0 Å². The van der Waals surface area contributed by atoms with Crippen molar-refractivity contribution in [2.45, 2.75) is 52.0 Å². The Morgan fingerprint density at radius 2 is 2.00 bits per heavy atom. The molecule has 1 aliphatic rings. The fourth-order valence-corrected chi connectivity index (χ4v) is 3.04. The summed E-state index contributed by atoms with van der Waals surface area (Å²) in [5, 5.41) is 9.60. The van der Waals surface area contributed by atoms with Crippen molar-refractivity contribution < 1.29 is 4.79 Å². The summed E-state index contributed by atoms with van der Waals surface area (Å²) < 4.78 is 0. The third kappa shape index (κ3) is 8.77. The fraction of sp³-hybridized carbons (Fsp3) is 0.524. The molecule has 0 spiro atoms. The molecule has 6 heteroatoms. The quantitative estimate of drug-likeness (QED) is 0.226. The van der Waals surface area contributed by atoms with Crippen LogP contribution in [0, 0.1) is 0 Å². The number of halogens is 1. The Morgan fingerprint density at radius 3 is 2.70 bits per heavy atom. The van der Waals surface area contributed by atoms with E-state index in [1.807, 2.05) is 31.2 Å². The summed E-state index contributed by atoms with van der Waals surface area (Å²) in [6.45, 7) is 4.28. The Bertz CT molecular complexity index is 643. The molecule has 1 aromatic rings. The van der Waals surface area contributed by atoms with E-state index in [9.17, 15) is 4.79 Å².